The number of hydrogen-bond donors (Lipinski definition) is 2. The minimum absolute atomic E-state index is 0.0337. The van der Waals surface area contributed by atoms with Crippen LogP contribution in [0.3, 0.4) is 0 Å². The van der Waals surface area contributed by atoms with E-state index in [1.54, 1.807) is 6.07 Å². The molecule has 33 heavy (non-hydrogen) atoms. The lowest BCUT2D eigenvalue weighted by atomic mass is 9.80. The zero-order valence-corrected chi connectivity index (χ0v) is 19.4. The Balaban J connectivity index is 1.69. The Morgan fingerprint density at radius 1 is 1.12 bits per heavy atom. The van der Waals surface area contributed by atoms with E-state index in [1.165, 1.54) is 65.6 Å². The summed E-state index contributed by atoms with van der Waals surface area (Å²) < 4.78 is 2.44. The maximum absolute atomic E-state index is 11.8. The van der Waals surface area contributed by atoms with E-state index in [-0.39, 0.29) is 5.41 Å². The third-order valence-corrected chi connectivity index (χ3v) is 8.42. The molecule has 1 saturated carbocycles. The van der Waals surface area contributed by atoms with E-state index in [9.17, 15) is 9.90 Å². The van der Waals surface area contributed by atoms with Crippen molar-refractivity contribution in [2.45, 2.75) is 63.3 Å². The first kappa shape index (κ1) is 20.8. The fraction of sp³-hybridized carbons (Fsp3) is 0.464. The highest BCUT2D eigenvalue weighted by Gasteiger charge is 2.41. The van der Waals surface area contributed by atoms with Gasteiger partial charge in [0.15, 0.2) is 0 Å². The molecule has 1 aliphatic carbocycles. The number of nitrogens with zero attached hydrogens (tertiary/aromatic N) is 2. The number of carbonyl (C=O) groups is 1. The minimum Gasteiger partial charge on any atom is -0.478 e. The number of aromatic nitrogens is 1. The van der Waals surface area contributed by atoms with Crippen molar-refractivity contribution in [1.29, 1.82) is 0 Å². The standard InChI is InChI=1S/C28H33N3O2/c1-28(16-29)17-30-13-6-14-31-23-15-19(27(32)33)11-12-20(23)24(18-7-3-2-4-8-18)26(31)21-9-5-10-22(28)25(21)30/h5,9-12,15,18H,2-4,6-8,13-14,16-17,29H2,1H3,(H,32,33)/t28-/m1/s1. The SMILES string of the molecule is C[C@@]1(CN)CN2CCCn3c(c(C4CCCCC4)c4ccc(C(=O)O)cc43)-c3cccc1c32. The predicted molar refractivity (Wildman–Crippen MR) is 133 cm³/mol. The predicted octanol–water partition coefficient (Wildman–Crippen LogP) is 5.49. The molecule has 5 heteroatoms. The third kappa shape index (κ3) is 3.05. The van der Waals surface area contributed by atoms with E-state index in [1.807, 2.05) is 6.07 Å². The summed E-state index contributed by atoms with van der Waals surface area (Å²) in [6.07, 6.45) is 7.32. The first-order valence-corrected chi connectivity index (χ1v) is 12.5. The number of fused-ring (bicyclic) bond motifs is 4. The van der Waals surface area contributed by atoms with Crippen LogP contribution in [0.25, 0.3) is 22.2 Å². The Morgan fingerprint density at radius 3 is 2.70 bits per heavy atom. The van der Waals surface area contributed by atoms with Crippen LogP contribution >= 0.6 is 0 Å². The van der Waals surface area contributed by atoms with Crippen molar-refractivity contribution in [3.63, 3.8) is 0 Å². The number of rotatable bonds is 3. The van der Waals surface area contributed by atoms with Gasteiger partial charge < -0.3 is 20.3 Å². The molecule has 0 unspecified atom stereocenters. The molecule has 0 radical (unpaired) electrons. The summed E-state index contributed by atoms with van der Waals surface area (Å²) in [5, 5.41) is 10.9. The van der Waals surface area contributed by atoms with Crippen molar-refractivity contribution in [2.75, 3.05) is 24.5 Å². The molecule has 5 nitrogen and oxygen atoms in total. The van der Waals surface area contributed by atoms with Gasteiger partial charge in [0, 0.05) is 48.1 Å². The number of hydrogen-bond acceptors (Lipinski definition) is 3. The Bertz CT molecular complexity index is 1250. The number of carboxylic acids is 1. The summed E-state index contributed by atoms with van der Waals surface area (Å²) in [4.78, 5) is 14.4. The van der Waals surface area contributed by atoms with Crippen LogP contribution in [0.5, 0.6) is 0 Å². The van der Waals surface area contributed by atoms with E-state index in [4.69, 9.17) is 5.73 Å². The molecule has 1 atom stereocenters. The minimum atomic E-state index is -0.858. The van der Waals surface area contributed by atoms with Crippen molar-refractivity contribution in [2.24, 2.45) is 5.73 Å². The number of nitrogens with two attached hydrogens (primary N) is 1. The van der Waals surface area contributed by atoms with Crippen LogP contribution in [0.1, 0.15) is 72.9 Å². The molecule has 3 aromatic rings. The molecule has 0 saturated heterocycles. The summed E-state index contributed by atoms with van der Waals surface area (Å²) in [5.74, 6) is -0.331. The average Bonchev–Trinajstić information content (AvgIpc) is 3.30. The molecule has 1 fully saturated rings. The molecule has 2 aliphatic heterocycles. The Kier molecular flexibility index (Phi) is 4.80. The van der Waals surface area contributed by atoms with Gasteiger partial charge in [-0.2, -0.15) is 0 Å². The summed E-state index contributed by atoms with van der Waals surface area (Å²) in [6.45, 7) is 5.81. The molecule has 3 aliphatic rings. The monoisotopic (exact) mass is 443 g/mol. The smallest absolute Gasteiger partial charge is 0.335 e. The molecular formula is C28H33N3O2. The molecule has 172 valence electrons. The summed E-state index contributed by atoms with van der Waals surface area (Å²) in [7, 11) is 0. The summed E-state index contributed by atoms with van der Waals surface area (Å²) in [5.41, 5.74) is 14.5. The highest BCUT2D eigenvalue weighted by Crippen LogP contribution is 2.51. The van der Waals surface area contributed by atoms with E-state index in [0.29, 0.717) is 18.0 Å². The maximum atomic E-state index is 11.8. The fourth-order valence-electron chi connectivity index (χ4n) is 6.77. The van der Waals surface area contributed by atoms with Crippen molar-refractivity contribution in [3.8, 4) is 11.3 Å². The van der Waals surface area contributed by atoms with Crippen LogP contribution in [0.2, 0.25) is 0 Å². The van der Waals surface area contributed by atoms with Crippen LogP contribution in [0.15, 0.2) is 36.4 Å². The van der Waals surface area contributed by atoms with Crippen molar-refractivity contribution in [3.05, 3.63) is 53.1 Å². The normalized spacial score (nSPS) is 22.7. The first-order valence-electron chi connectivity index (χ1n) is 12.5. The van der Waals surface area contributed by atoms with Crippen molar-refractivity contribution >= 4 is 22.6 Å². The quantitative estimate of drug-likeness (QED) is 0.561. The van der Waals surface area contributed by atoms with Crippen LogP contribution in [0, 0.1) is 0 Å². The number of carboxylic acid groups (broad SMARTS) is 1. The number of anilines is 1. The Hall–Kier alpha value is -2.79. The highest BCUT2D eigenvalue weighted by molar-refractivity contribution is 6.00. The van der Waals surface area contributed by atoms with Crippen molar-refractivity contribution < 1.29 is 9.90 Å². The van der Waals surface area contributed by atoms with Gasteiger partial charge in [0.05, 0.1) is 16.9 Å². The van der Waals surface area contributed by atoms with Gasteiger partial charge >= 0.3 is 5.97 Å². The maximum Gasteiger partial charge on any atom is 0.335 e. The van der Waals surface area contributed by atoms with E-state index >= 15 is 0 Å². The second kappa shape index (κ2) is 7.63. The van der Waals surface area contributed by atoms with Crippen molar-refractivity contribution in [1.82, 2.24) is 4.57 Å². The lowest BCUT2D eigenvalue weighted by Crippen LogP contribution is -2.38. The molecule has 6 rings (SSSR count). The molecule has 3 heterocycles. The van der Waals surface area contributed by atoms with Crippen LogP contribution in [0.4, 0.5) is 5.69 Å². The van der Waals surface area contributed by atoms with E-state index in [0.717, 1.165) is 31.6 Å². The van der Waals surface area contributed by atoms with E-state index < -0.39 is 5.97 Å². The highest BCUT2D eigenvalue weighted by atomic mass is 16.4. The average molecular weight is 444 g/mol. The van der Waals surface area contributed by atoms with E-state index in [2.05, 4.69) is 40.7 Å². The third-order valence-electron chi connectivity index (χ3n) is 8.42. The second-order valence-electron chi connectivity index (χ2n) is 10.5. The van der Waals surface area contributed by atoms with Crippen LogP contribution in [-0.2, 0) is 12.0 Å². The summed E-state index contributed by atoms with van der Waals surface area (Å²) >= 11 is 0. The molecule has 2 aromatic carbocycles. The lowest BCUT2D eigenvalue weighted by molar-refractivity contribution is 0.0697. The van der Waals surface area contributed by atoms with Gasteiger partial charge in [-0.05, 0) is 48.4 Å². The molecule has 3 N–H and O–H groups in total. The number of aromatic carboxylic acids is 1. The number of para-hydroxylation sites is 1. The van der Waals surface area contributed by atoms with Gasteiger partial charge in [-0.3, -0.25) is 0 Å². The Labute approximate surface area is 195 Å². The molecule has 0 spiro atoms. The van der Waals surface area contributed by atoms with Gasteiger partial charge in [0.25, 0.3) is 0 Å². The largest absolute Gasteiger partial charge is 0.478 e. The zero-order valence-electron chi connectivity index (χ0n) is 19.4. The van der Waals surface area contributed by atoms with Gasteiger partial charge in [-0.25, -0.2) is 4.79 Å². The zero-order chi connectivity index (χ0) is 22.7. The van der Waals surface area contributed by atoms with Gasteiger partial charge in [-0.1, -0.05) is 50.5 Å². The summed E-state index contributed by atoms with van der Waals surface area (Å²) in [6, 6.07) is 12.5. The number of benzene rings is 2. The van der Waals surface area contributed by atoms with Crippen LogP contribution < -0.4 is 10.6 Å². The molecular weight excluding hydrogens is 410 g/mol. The van der Waals surface area contributed by atoms with Gasteiger partial charge in [-0.15, -0.1) is 0 Å². The lowest BCUT2D eigenvalue weighted by Gasteiger charge is -2.29. The molecule has 0 amide bonds. The van der Waals surface area contributed by atoms with Gasteiger partial charge in [0.2, 0.25) is 0 Å². The topological polar surface area (TPSA) is 71.5 Å². The molecule has 1 aromatic heterocycles. The van der Waals surface area contributed by atoms with Crippen LogP contribution in [-0.4, -0.2) is 35.3 Å². The Morgan fingerprint density at radius 2 is 1.94 bits per heavy atom. The molecule has 0 bridgehead atoms. The fourth-order valence-corrected chi connectivity index (χ4v) is 6.77. The number of aryl methyl sites for hydroxylation is 1. The van der Waals surface area contributed by atoms with Gasteiger partial charge in [0.1, 0.15) is 0 Å². The first-order chi connectivity index (χ1) is 16.0. The second-order valence-corrected chi connectivity index (χ2v) is 10.5.